The minimum Gasteiger partial charge on any atom is -0.493 e. The molecule has 0 aromatic heterocycles. The van der Waals surface area contributed by atoms with E-state index in [0.29, 0.717) is 11.8 Å². The molecule has 0 aliphatic heterocycles. The molecule has 2 heteroatoms. The van der Waals surface area contributed by atoms with Crippen LogP contribution in [0.15, 0.2) is 24.3 Å². The SMILES string of the molecule is CC(CCN)COc1ccccc1C(C)C. The summed E-state index contributed by atoms with van der Waals surface area (Å²) < 4.78 is 5.86. The van der Waals surface area contributed by atoms with Crippen LogP contribution in [0.25, 0.3) is 0 Å². The largest absolute Gasteiger partial charge is 0.493 e. The summed E-state index contributed by atoms with van der Waals surface area (Å²) in [6.45, 7) is 8.03. The van der Waals surface area contributed by atoms with Gasteiger partial charge in [0.1, 0.15) is 5.75 Å². The Bertz CT molecular complexity index is 309. The van der Waals surface area contributed by atoms with Gasteiger partial charge in [0, 0.05) is 0 Å². The van der Waals surface area contributed by atoms with Crippen molar-refractivity contribution in [3.8, 4) is 5.75 Å². The van der Waals surface area contributed by atoms with Crippen LogP contribution in [0.5, 0.6) is 5.75 Å². The monoisotopic (exact) mass is 221 g/mol. The number of para-hydroxylation sites is 1. The molecule has 0 saturated carbocycles. The highest BCUT2D eigenvalue weighted by Gasteiger charge is 2.08. The first-order valence-corrected chi connectivity index (χ1v) is 6.07. The van der Waals surface area contributed by atoms with Crippen LogP contribution in [0.4, 0.5) is 0 Å². The van der Waals surface area contributed by atoms with E-state index in [1.54, 1.807) is 0 Å². The first-order chi connectivity index (χ1) is 7.65. The second kappa shape index (κ2) is 6.54. The third-order valence-corrected chi connectivity index (χ3v) is 2.72. The molecule has 0 radical (unpaired) electrons. The molecule has 1 unspecified atom stereocenters. The molecule has 2 nitrogen and oxygen atoms in total. The van der Waals surface area contributed by atoms with Gasteiger partial charge in [-0.05, 0) is 36.4 Å². The number of rotatable bonds is 6. The van der Waals surface area contributed by atoms with Crippen LogP contribution in [-0.4, -0.2) is 13.2 Å². The Labute approximate surface area is 98.8 Å². The third-order valence-electron chi connectivity index (χ3n) is 2.72. The number of nitrogens with two attached hydrogens (primary N) is 1. The van der Waals surface area contributed by atoms with E-state index in [1.807, 2.05) is 12.1 Å². The molecule has 0 aliphatic rings. The summed E-state index contributed by atoms with van der Waals surface area (Å²) >= 11 is 0. The summed E-state index contributed by atoms with van der Waals surface area (Å²) in [5.41, 5.74) is 6.80. The third kappa shape index (κ3) is 3.86. The molecule has 0 saturated heterocycles. The Hall–Kier alpha value is -1.02. The second-order valence-corrected chi connectivity index (χ2v) is 4.69. The maximum Gasteiger partial charge on any atom is 0.122 e. The van der Waals surface area contributed by atoms with E-state index in [-0.39, 0.29) is 0 Å². The minimum absolute atomic E-state index is 0.501. The summed E-state index contributed by atoms with van der Waals surface area (Å²) in [7, 11) is 0. The van der Waals surface area contributed by atoms with E-state index in [1.165, 1.54) is 5.56 Å². The van der Waals surface area contributed by atoms with Crippen molar-refractivity contribution in [1.82, 2.24) is 0 Å². The molecule has 1 aromatic carbocycles. The molecule has 0 bridgehead atoms. The van der Waals surface area contributed by atoms with E-state index >= 15 is 0 Å². The zero-order valence-electron chi connectivity index (χ0n) is 10.6. The van der Waals surface area contributed by atoms with Crippen molar-refractivity contribution in [2.75, 3.05) is 13.2 Å². The van der Waals surface area contributed by atoms with Crippen molar-refractivity contribution < 1.29 is 4.74 Å². The summed E-state index contributed by atoms with van der Waals surface area (Å²) in [6, 6.07) is 8.26. The van der Waals surface area contributed by atoms with E-state index in [4.69, 9.17) is 10.5 Å². The lowest BCUT2D eigenvalue weighted by molar-refractivity contribution is 0.251. The Balaban J connectivity index is 2.59. The number of hydrogen-bond acceptors (Lipinski definition) is 2. The highest BCUT2D eigenvalue weighted by Crippen LogP contribution is 2.26. The van der Waals surface area contributed by atoms with Crippen LogP contribution in [0.1, 0.15) is 38.7 Å². The van der Waals surface area contributed by atoms with Crippen molar-refractivity contribution in [2.45, 2.75) is 33.1 Å². The van der Waals surface area contributed by atoms with Gasteiger partial charge in [-0.1, -0.05) is 39.0 Å². The Morgan fingerprint density at radius 2 is 1.88 bits per heavy atom. The lowest BCUT2D eigenvalue weighted by Gasteiger charge is -2.16. The fourth-order valence-electron chi connectivity index (χ4n) is 1.69. The van der Waals surface area contributed by atoms with Gasteiger partial charge >= 0.3 is 0 Å². The van der Waals surface area contributed by atoms with E-state index in [9.17, 15) is 0 Å². The van der Waals surface area contributed by atoms with Crippen molar-refractivity contribution in [3.63, 3.8) is 0 Å². The molecular formula is C14H23NO. The maximum absolute atomic E-state index is 5.86. The molecule has 0 aliphatic carbocycles. The van der Waals surface area contributed by atoms with Gasteiger partial charge in [-0.3, -0.25) is 0 Å². The molecule has 90 valence electrons. The topological polar surface area (TPSA) is 35.2 Å². The van der Waals surface area contributed by atoms with Crippen LogP contribution in [0.3, 0.4) is 0 Å². The lowest BCUT2D eigenvalue weighted by atomic mass is 10.0. The standard InChI is InChI=1S/C14H23NO/c1-11(2)13-6-4-5-7-14(13)16-10-12(3)8-9-15/h4-7,11-12H,8-10,15H2,1-3H3. The smallest absolute Gasteiger partial charge is 0.122 e. The van der Waals surface area contributed by atoms with Crippen LogP contribution in [0, 0.1) is 5.92 Å². The van der Waals surface area contributed by atoms with Gasteiger partial charge in [0.25, 0.3) is 0 Å². The molecular weight excluding hydrogens is 198 g/mol. The number of ether oxygens (including phenoxy) is 1. The Morgan fingerprint density at radius 3 is 2.50 bits per heavy atom. The average molecular weight is 221 g/mol. The molecule has 0 heterocycles. The fourth-order valence-corrected chi connectivity index (χ4v) is 1.69. The van der Waals surface area contributed by atoms with Gasteiger partial charge in [-0.25, -0.2) is 0 Å². The molecule has 2 N–H and O–H groups in total. The maximum atomic E-state index is 5.86. The van der Waals surface area contributed by atoms with E-state index in [2.05, 4.69) is 32.9 Å². The highest BCUT2D eigenvalue weighted by molar-refractivity contribution is 5.35. The summed E-state index contributed by atoms with van der Waals surface area (Å²) in [5, 5.41) is 0. The van der Waals surface area contributed by atoms with Crippen LogP contribution < -0.4 is 10.5 Å². The van der Waals surface area contributed by atoms with Gasteiger partial charge in [0.15, 0.2) is 0 Å². The van der Waals surface area contributed by atoms with Gasteiger partial charge in [-0.2, -0.15) is 0 Å². The van der Waals surface area contributed by atoms with Gasteiger partial charge in [0.2, 0.25) is 0 Å². The van der Waals surface area contributed by atoms with Crippen LogP contribution in [0.2, 0.25) is 0 Å². The minimum atomic E-state index is 0.501. The quantitative estimate of drug-likeness (QED) is 0.800. The first-order valence-electron chi connectivity index (χ1n) is 6.07. The number of hydrogen-bond donors (Lipinski definition) is 1. The molecule has 0 spiro atoms. The molecule has 1 aromatic rings. The molecule has 1 atom stereocenters. The fraction of sp³-hybridized carbons (Fsp3) is 0.571. The predicted molar refractivity (Wildman–Crippen MR) is 68.9 cm³/mol. The van der Waals surface area contributed by atoms with Crippen LogP contribution >= 0.6 is 0 Å². The second-order valence-electron chi connectivity index (χ2n) is 4.69. The lowest BCUT2D eigenvalue weighted by Crippen LogP contribution is -2.14. The summed E-state index contributed by atoms with van der Waals surface area (Å²) in [6.07, 6.45) is 1.02. The average Bonchev–Trinajstić information content (AvgIpc) is 2.27. The van der Waals surface area contributed by atoms with E-state index in [0.717, 1.165) is 25.3 Å². The van der Waals surface area contributed by atoms with Gasteiger partial charge in [-0.15, -0.1) is 0 Å². The van der Waals surface area contributed by atoms with Crippen molar-refractivity contribution in [1.29, 1.82) is 0 Å². The van der Waals surface area contributed by atoms with Crippen molar-refractivity contribution >= 4 is 0 Å². The van der Waals surface area contributed by atoms with Crippen molar-refractivity contribution in [3.05, 3.63) is 29.8 Å². The molecule has 16 heavy (non-hydrogen) atoms. The van der Waals surface area contributed by atoms with Crippen molar-refractivity contribution in [2.24, 2.45) is 11.7 Å². The normalized spacial score (nSPS) is 12.8. The Kier molecular flexibility index (Phi) is 5.33. The molecule has 1 rings (SSSR count). The number of benzene rings is 1. The Morgan fingerprint density at radius 1 is 1.19 bits per heavy atom. The first kappa shape index (κ1) is 13.0. The zero-order valence-corrected chi connectivity index (χ0v) is 10.6. The van der Waals surface area contributed by atoms with Gasteiger partial charge in [0.05, 0.1) is 6.61 Å². The molecule has 0 fully saturated rings. The molecule has 0 amide bonds. The summed E-state index contributed by atoms with van der Waals surface area (Å²) in [5.74, 6) is 2.03. The van der Waals surface area contributed by atoms with Gasteiger partial charge < -0.3 is 10.5 Å². The van der Waals surface area contributed by atoms with Crippen LogP contribution in [-0.2, 0) is 0 Å². The van der Waals surface area contributed by atoms with E-state index < -0.39 is 0 Å². The summed E-state index contributed by atoms with van der Waals surface area (Å²) in [4.78, 5) is 0. The highest BCUT2D eigenvalue weighted by atomic mass is 16.5. The zero-order chi connectivity index (χ0) is 12.0. The predicted octanol–water partition coefficient (Wildman–Crippen LogP) is 3.17.